The van der Waals surface area contributed by atoms with Gasteiger partial charge in [-0.25, -0.2) is 0 Å². The van der Waals surface area contributed by atoms with Crippen LogP contribution in [0.25, 0.3) is 0 Å². The molecule has 0 bridgehead atoms. The van der Waals surface area contributed by atoms with Gasteiger partial charge in [-0.1, -0.05) is 12.1 Å². The van der Waals surface area contributed by atoms with Crippen LogP contribution in [0.3, 0.4) is 0 Å². The molecule has 0 spiro atoms. The Kier molecular flexibility index (Phi) is 2.15. The average Bonchev–Trinajstić information content (AvgIpc) is 2.97. The van der Waals surface area contributed by atoms with E-state index in [4.69, 9.17) is 9.84 Å². The predicted octanol–water partition coefficient (Wildman–Crippen LogP) is 1.88. The molecule has 3 heteroatoms. The van der Waals surface area contributed by atoms with Crippen LogP contribution in [-0.4, -0.2) is 18.2 Å². The van der Waals surface area contributed by atoms with E-state index in [1.807, 2.05) is 24.3 Å². The lowest BCUT2D eigenvalue weighted by Gasteiger charge is -2.02. The van der Waals surface area contributed by atoms with Gasteiger partial charge in [-0.3, -0.25) is 4.79 Å². The van der Waals surface area contributed by atoms with Gasteiger partial charge >= 0.3 is 5.97 Å². The summed E-state index contributed by atoms with van der Waals surface area (Å²) in [6, 6.07) is 7.62. The fourth-order valence-corrected chi connectivity index (χ4v) is 1.71. The summed E-state index contributed by atoms with van der Waals surface area (Å²) in [5, 5.41) is 8.78. The van der Waals surface area contributed by atoms with Gasteiger partial charge < -0.3 is 9.84 Å². The molecule has 1 aliphatic carbocycles. The van der Waals surface area contributed by atoms with Crippen LogP contribution in [0.4, 0.5) is 0 Å². The summed E-state index contributed by atoms with van der Waals surface area (Å²) >= 11 is 0. The number of benzene rings is 1. The van der Waals surface area contributed by atoms with Gasteiger partial charge in [-0.2, -0.15) is 0 Å². The third-order valence-corrected chi connectivity index (χ3v) is 2.63. The van der Waals surface area contributed by atoms with Gasteiger partial charge in [0.15, 0.2) is 0 Å². The Hall–Kier alpha value is -1.51. The molecule has 2 rings (SSSR count). The Labute approximate surface area is 82.3 Å². The first-order valence-corrected chi connectivity index (χ1v) is 4.59. The van der Waals surface area contributed by atoms with Crippen LogP contribution < -0.4 is 4.74 Å². The SMILES string of the molecule is COc1cccc([C@@H]2CC2C(=O)O)c1. The third-order valence-electron chi connectivity index (χ3n) is 2.63. The molecule has 2 atom stereocenters. The first-order valence-electron chi connectivity index (χ1n) is 4.59. The summed E-state index contributed by atoms with van der Waals surface area (Å²) in [7, 11) is 1.61. The largest absolute Gasteiger partial charge is 0.497 e. The van der Waals surface area contributed by atoms with E-state index in [1.54, 1.807) is 7.11 Å². The summed E-state index contributed by atoms with van der Waals surface area (Å²) in [5.41, 5.74) is 1.07. The van der Waals surface area contributed by atoms with Gasteiger partial charge in [0.2, 0.25) is 0 Å². The molecule has 1 saturated carbocycles. The molecule has 0 heterocycles. The number of aliphatic carboxylic acids is 1. The second-order valence-electron chi connectivity index (χ2n) is 3.56. The van der Waals surface area contributed by atoms with Gasteiger partial charge in [0.1, 0.15) is 5.75 Å². The Bertz CT molecular complexity index is 359. The first-order chi connectivity index (χ1) is 6.72. The van der Waals surface area contributed by atoms with Crippen molar-refractivity contribution in [1.82, 2.24) is 0 Å². The van der Waals surface area contributed by atoms with Crippen LogP contribution >= 0.6 is 0 Å². The Morgan fingerprint density at radius 3 is 2.93 bits per heavy atom. The number of methoxy groups -OCH3 is 1. The van der Waals surface area contributed by atoms with Crippen LogP contribution in [0, 0.1) is 5.92 Å². The van der Waals surface area contributed by atoms with Crippen molar-refractivity contribution in [2.45, 2.75) is 12.3 Å². The maximum Gasteiger partial charge on any atom is 0.307 e. The van der Waals surface area contributed by atoms with Crippen molar-refractivity contribution in [1.29, 1.82) is 0 Å². The fourth-order valence-electron chi connectivity index (χ4n) is 1.71. The standard InChI is InChI=1S/C11H12O3/c1-14-8-4-2-3-7(5-8)9-6-10(9)11(12)13/h2-5,9-10H,6H2,1H3,(H,12,13)/t9-,10?/m0/s1. The zero-order chi connectivity index (χ0) is 10.1. The third kappa shape index (κ3) is 1.58. The normalized spacial score (nSPS) is 24.4. The van der Waals surface area contributed by atoms with Gasteiger partial charge in [0, 0.05) is 0 Å². The molecule has 1 aromatic rings. The molecule has 0 aromatic heterocycles. The maximum atomic E-state index is 10.7. The average molecular weight is 192 g/mol. The van der Waals surface area contributed by atoms with Crippen molar-refractivity contribution >= 4 is 5.97 Å². The summed E-state index contributed by atoms with van der Waals surface area (Å²) in [6.45, 7) is 0. The number of hydrogen-bond acceptors (Lipinski definition) is 2. The minimum absolute atomic E-state index is 0.183. The number of hydrogen-bond donors (Lipinski definition) is 1. The summed E-state index contributed by atoms with van der Waals surface area (Å²) in [6.07, 6.45) is 0.752. The smallest absolute Gasteiger partial charge is 0.307 e. The van der Waals surface area contributed by atoms with Crippen LogP contribution in [0.2, 0.25) is 0 Å². The van der Waals surface area contributed by atoms with Gasteiger partial charge in [-0.05, 0) is 30.0 Å². The number of rotatable bonds is 3. The lowest BCUT2D eigenvalue weighted by molar-refractivity contribution is -0.138. The molecule has 3 nitrogen and oxygen atoms in total. The van der Waals surface area contributed by atoms with Gasteiger partial charge in [-0.15, -0.1) is 0 Å². The highest BCUT2D eigenvalue weighted by Crippen LogP contribution is 2.48. The van der Waals surface area contributed by atoms with Crippen molar-refractivity contribution in [2.24, 2.45) is 5.92 Å². The zero-order valence-corrected chi connectivity index (χ0v) is 7.93. The molecule has 0 amide bonds. The van der Waals surface area contributed by atoms with Crippen molar-refractivity contribution < 1.29 is 14.6 Å². The molecule has 14 heavy (non-hydrogen) atoms. The summed E-state index contributed by atoms with van der Waals surface area (Å²) in [5.74, 6) is 0.0843. The lowest BCUT2D eigenvalue weighted by Crippen LogP contribution is -1.98. The summed E-state index contributed by atoms with van der Waals surface area (Å²) in [4.78, 5) is 10.7. The highest BCUT2D eigenvalue weighted by atomic mass is 16.5. The van der Waals surface area contributed by atoms with E-state index < -0.39 is 5.97 Å². The molecular weight excluding hydrogens is 180 g/mol. The van der Waals surface area contributed by atoms with Gasteiger partial charge in [0.25, 0.3) is 0 Å². The van der Waals surface area contributed by atoms with E-state index >= 15 is 0 Å². The lowest BCUT2D eigenvalue weighted by atomic mass is 10.1. The molecule has 1 fully saturated rings. The van der Waals surface area contributed by atoms with Crippen LogP contribution in [-0.2, 0) is 4.79 Å². The topological polar surface area (TPSA) is 46.5 Å². The molecular formula is C11H12O3. The number of carboxylic acids is 1. The monoisotopic (exact) mass is 192 g/mol. The number of carbonyl (C=O) groups is 1. The highest BCUT2D eigenvalue weighted by Gasteiger charge is 2.44. The van der Waals surface area contributed by atoms with Crippen molar-refractivity contribution in [3.63, 3.8) is 0 Å². The van der Waals surface area contributed by atoms with Crippen LogP contribution in [0.1, 0.15) is 17.9 Å². The highest BCUT2D eigenvalue weighted by molar-refractivity contribution is 5.75. The van der Waals surface area contributed by atoms with E-state index in [1.165, 1.54) is 0 Å². The number of carboxylic acid groups (broad SMARTS) is 1. The molecule has 1 aromatic carbocycles. The molecule has 1 aliphatic rings. The van der Waals surface area contributed by atoms with E-state index in [0.29, 0.717) is 0 Å². The summed E-state index contributed by atoms with van der Waals surface area (Å²) < 4.78 is 5.08. The van der Waals surface area contributed by atoms with Crippen molar-refractivity contribution in [3.8, 4) is 5.75 Å². The molecule has 1 N–H and O–H groups in total. The molecule has 0 radical (unpaired) electrons. The van der Waals surface area contributed by atoms with E-state index in [9.17, 15) is 4.79 Å². The Morgan fingerprint density at radius 2 is 2.36 bits per heavy atom. The molecule has 74 valence electrons. The van der Waals surface area contributed by atoms with Crippen molar-refractivity contribution in [3.05, 3.63) is 29.8 Å². The number of ether oxygens (including phenoxy) is 1. The van der Waals surface area contributed by atoms with Crippen LogP contribution in [0.15, 0.2) is 24.3 Å². The second-order valence-corrected chi connectivity index (χ2v) is 3.56. The molecule has 0 saturated heterocycles. The fraction of sp³-hybridized carbons (Fsp3) is 0.364. The minimum atomic E-state index is -0.696. The Morgan fingerprint density at radius 1 is 1.57 bits per heavy atom. The quantitative estimate of drug-likeness (QED) is 0.795. The predicted molar refractivity (Wildman–Crippen MR) is 51.5 cm³/mol. The molecule has 1 unspecified atom stereocenters. The minimum Gasteiger partial charge on any atom is -0.497 e. The van der Waals surface area contributed by atoms with E-state index in [2.05, 4.69) is 0 Å². The second kappa shape index (κ2) is 3.33. The Balaban J connectivity index is 2.15. The van der Waals surface area contributed by atoms with Crippen molar-refractivity contribution in [2.75, 3.05) is 7.11 Å². The molecule has 0 aliphatic heterocycles. The van der Waals surface area contributed by atoms with Crippen LogP contribution in [0.5, 0.6) is 5.75 Å². The van der Waals surface area contributed by atoms with E-state index in [0.717, 1.165) is 17.7 Å². The zero-order valence-electron chi connectivity index (χ0n) is 7.93. The maximum absolute atomic E-state index is 10.7. The first kappa shape index (κ1) is 9.06. The van der Waals surface area contributed by atoms with Gasteiger partial charge in [0.05, 0.1) is 13.0 Å². The van der Waals surface area contributed by atoms with E-state index in [-0.39, 0.29) is 11.8 Å².